The second kappa shape index (κ2) is 2.33. The van der Waals surface area contributed by atoms with Gasteiger partial charge in [0.1, 0.15) is 6.34 Å². The minimum Gasteiger partial charge on any atom is -0.302 e. The summed E-state index contributed by atoms with van der Waals surface area (Å²) >= 11 is 0. The Kier molecular flexibility index (Phi) is 1.66. The average Bonchev–Trinajstić information content (AvgIpc) is 1.88. The Labute approximate surface area is 61.2 Å². The molecule has 0 atom stereocenters. The first-order chi connectivity index (χ1) is 4.61. The van der Waals surface area contributed by atoms with Gasteiger partial charge in [0.25, 0.3) is 0 Å². The molecule has 0 spiro atoms. The van der Waals surface area contributed by atoms with Gasteiger partial charge in [-0.05, 0) is 0 Å². The van der Waals surface area contributed by atoms with Crippen molar-refractivity contribution in [2.75, 3.05) is 0 Å². The summed E-state index contributed by atoms with van der Waals surface area (Å²) in [6.07, 6.45) is 3.45. The predicted molar refractivity (Wildman–Crippen MR) is 42.3 cm³/mol. The Morgan fingerprint density at radius 3 is 2.40 bits per heavy atom. The smallest absolute Gasteiger partial charge is 0.106 e. The quantitative estimate of drug-likeness (QED) is 0.525. The van der Waals surface area contributed by atoms with Crippen molar-refractivity contribution in [2.24, 2.45) is 10.4 Å². The molecule has 56 valence electrons. The monoisotopic (exact) mass is 139 g/mol. The van der Waals surface area contributed by atoms with Crippen LogP contribution in [0.2, 0.25) is 0 Å². The fourth-order valence-corrected chi connectivity index (χ4v) is 0.673. The lowest BCUT2D eigenvalue weighted by atomic mass is 9.93. The highest BCUT2D eigenvalue weighted by Crippen LogP contribution is 2.22. The summed E-state index contributed by atoms with van der Waals surface area (Å²) in [7, 11) is 0. The fourth-order valence-electron chi connectivity index (χ4n) is 0.673. The molecule has 0 bridgehead atoms. The first-order valence-corrected chi connectivity index (χ1v) is 3.34. The molecule has 0 aromatic carbocycles. The molecule has 0 amide bonds. The maximum absolute atomic E-state index is 3.96. The molecule has 1 heterocycles. The summed E-state index contributed by atoms with van der Waals surface area (Å²) in [4.78, 5) is 3.96. The molecule has 0 unspecified atom stereocenters. The van der Waals surface area contributed by atoms with Gasteiger partial charge in [0.05, 0.1) is 5.70 Å². The molecule has 0 saturated carbocycles. The van der Waals surface area contributed by atoms with Crippen molar-refractivity contribution in [3.05, 3.63) is 11.9 Å². The fraction of sp³-hybridized carbons (Fsp3) is 0.571. The van der Waals surface area contributed by atoms with Gasteiger partial charge in [-0.3, -0.25) is 5.43 Å². The lowest BCUT2D eigenvalue weighted by molar-refractivity contribution is 0.448. The van der Waals surface area contributed by atoms with Gasteiger partial charge in [-0.1, -0.05) is 20.8 Å². The van der Waals surface area contributed by atoms with E-state index in [0.717, 1.165) is 5.70 Å². The van der Waals surface area contributed by atoms with Crippen LogP contribution in [0.5, 0.6) is 0 Å². The molecule has 1 aliphatic heterocycles. The third kappa shape index (κ3) is 1.50. The van der Waals surface area contributed by atoms with Gasteiger partial charge in [0.15, 0.2) is 0 Å². The van der Waals surface area contributed by atoms with E-state index in [1.807, 2.05) is 6.20 Å². The van der Waals surface area contributed by atoms with Crippen LogP contribution in [-0.2, 0) is 0 Å². The van der Waals surface area contributed by atoms with Crippen molar-refractivity contribution in [3.8, 4) is 0 Å². The second-order valence-corrected chi connectivity index (χ2v) is 3.34. The molecule has 0 fully saturated rings. The van der Waals surface area contributed by atoms with Crippen LogP contribution >= 0.6 is 0 Å². The standard InChI is InChI=1S/C7H13N3/c1-7(2,3)6-4-8-5-9-10-6/h4-5,10H,1-3H3,(H,8,9). The molecule has 1 rings (SSSR count). The van der Waals surface area contributed by atoms with Crippen LogP contribution in [0.1, 0.15) is 20.8 Å². The van der Waals surface area contributed by atoms with Gasteiger partial charge < -0.3 is 5.43 Å². The number of rotatable bonds is 0. The van der Waals surface area contributed by atoms with E-state index >= 15 is 0 Å². The van der Waals surface area contributed by atoms with Gasteiger partial charge in [0, 0.05) is 11.6 Å². The van der Waals surface area contributed by atoms with E-state index in [2.05, 4.69) is 36.6 Å². The highest BCUT2D eigenvalue weighted by Gasteiger charge is 2.17. The summed E-state index contributed by atoms with van der Waals surface area (Å²) in [5, 5.41) is 0. The van der Waals surface area contributed by atoms with Crippen LogP contribution in [0.4, 0.5) is 0 Å². The van der Waals surface area contributed by atoms with E-state index in [1.54, 1.807) is 6.34 Å². The van der Waals surface area contributed by atoms with Crippen molar-refractivity contribution < 1.29 is 0 Å². The van der Waals surface area contributed by atoms with E-state index in [-0.39, 0.29) is 5.41 Å². The normalized spacial score (nSPS) is 17.3. The zero-order valence-electron chi connectivity index (χ0n) is 6.60. The first kappa shape index (κ1) is 7.12. The van der Waals surface area contributed by atoms with Crippen molar-refractivity contribution in [3.63, 3.8) is 0 Å². The SMILES string of the molecule is CC(C)(C)C1=CN=CNN1. The van der Waals surface area contributed by atoms with Gasteiger partial charge in [-0.15, -0.1) is 0 Å². The Balaban J connectivity index is 2.72. The van der Waals surface area contributed by atoms with E-state index in [9.17, 15) is 0 Å². The highest BCUT2D eigenvalue weighted by atomic mass is 15.4. The molecule has 10 heavy (non-hydrogen) atoms. The number of allylic oxidation sites excluding steroid dienone is 1. The summed E-state index contributed by atoms with van der Waals surface area (Å²) in [6.45, 7) is 6.40. The molecule has 1 aliphatic rings. The topological polar surface area (TPSA) is 36.4 Å². The van der Waals surface area contributed by atoms with Crippen LogP contribution in [0.3, 0.4) is 0 Å². The zero-order valence-corrected chi connectivity index (χ0v) is 6.60. The molecule has 0 radical (unpaired) electrons. The van der Waals surface area contributed by atoms with E-state index < -0.39 is 0 Å². The number of hydrazine groups is 1. The van der Waals surface area contributed by atoms with Crippen molar-refractivity contribution in [1.29, 1.82) is 0 Å². The van der Waals surface area contributed by atoms with E-state index in [1.165, 1.54) is 0 Å². The Hall–Kier alpha value is -0.990. The molecular weight excluding hydrogens is 126 g/mol. The maximum atomic E-state index is 3.96. The molecule has 2 N–H and O–H groups in total. The van der Waals surface area contributed by atoms with E-state index in [4.69, 9.17) is 0 Å². The van der Waals surface area contributed by atoms with Gasteiger partial charge in [-0.25, -0.2) is 4.99 Å². The lowest BCUT2D eigenvalue weighted by Gasteiger charge is -2.24. The van der Waals surface area contributed by atoms with Gasteiger partial charge >= 0.3 is 0 Å². The van der Waals surface area contributed by atoms with Crippen LogP contribution in [0.25, 0.3) is 0 Å². The van der Waals surface area contributed by atoms with Crippen molar-refractivity contribution >= 4 is 6.34 Å². The van der Waals surface area contributed by atoms with Crippen LogP contribution in [0, 0.1) is 5.41 Å². The Morgan fingerprint density at radius 2 is 2.10 bits per heavy atom. The predicted octanol–water partition coefficient (Wildman–Crippen LogP) is 1.01. The third-order valence-electron chi connectivity index (χ3n) is 1.36. The van der Waals surface area contributed by atoms with Gasteiger partial charge in [0.2, 0.25) is 0 Å². The number of hydrogen-bond acceptors (Lipinski definition) is 3. The summed E-state index contributed by atoms with van der Waals surface area (Å²) < 4.78 is 0. The van der Waals surface area contributed by atoms with Crippen LogP contribution in [0.15, 0.2) is 16.9 Å². The minimum absolute atomic E-state index is 0.144. The molecule has 3 heteroatoms. The Bertz CT molecular complexity index is 174. The summed E-state index contributed by atoms with van der Waals surface area (Å²) in [5.74, 6) is 0. The lowest BCUT2D eigenvalue weighted by Crippen LogP contribution is -2.37. The maximum Gasteiger partial charge on any atom is 0.106 e. The molecule has 0 aromatic rings. The second-order valence-electron chi connectivity index (χ2n) is 3.34. The van der Waals surface area contributed by atoms with Gasteiger partial charge in [-0.2, -0.15) is 0 Å². The number of nitrogens with one attached hydrogen (secondary N) is 2. The first-order valence-electron chi connectivity index (χ1n) is 3.34. The number of nitrogens with zero attached hydrogens (tertiary/aromatic N) is 1. The third-order valence-corrected chi connectivity index (χ3v) is 1.36. The average molecular weight is 139 g/mol. The molecule has 3 nitrogen and oxygen atoms in total. The zero-order chi connectivity index (χ0) is 7.61. The number of aliphatic imine (C=N–C) groups is 1. The minimum atomic E-state index is 0.144. The molecule has 0 aromatic heterocycles. The Morgan fingerprint density at radius 1 is 1.40 bits per heavy atom. The van der Waals surface area contributed by atoms with Crippen LogP contribution < -0.4 is 10.9 Å². The summed E-state index contributed by atoms with van der Waals surface area (Å²) in [5.41, 5.74) is 7.10. The van der Waals surface area contributed by atoms with E-state index in [0.29, 0.717) is 0 Å². The molecular formula is C7H13N3. The van der Waals surface area contributed by atoms with Crippen molar-refractivity contribution in [2.45, 2.75) is 20.8 Å². The highest BCUT2D eigenvalue weighted by molar-refractivity contribution is 5.56. The van der Waals surface area contributed by atoms with Crippen molar-refractivity contribution in [1.82, 2.24) is 10.9 Å². The largest absolute Gasteiger partial charge is 0.302 e. The molecule has 0 aliphatic carbocycles. The summed E-state index contributed by atoms with van der Waals surface area (Å²) in [6, 6.07) is 0. The molecule has 0 saturated heterocycles. The van der Waals surface area contributed by atoms with Crippen LogP contribution in [-0.4, -0.2) is 6.34 Å². The number of hydrogen-bond donors (Lipinski definition) is 2.